The molecule has 1 unspecified atom stereocenters. The van der Waals surface area contributed by atoms with Crippen molar-refractivity contribution in [1.29, 1.82) is 0 Å². The molecule has 50 heavy (non-hydrogen) atoms. The first-order chi connectivity index (χ1) is 24.3. The van der Waals surface area contributed by atoms with Crippen molar-refractivity contribution in [2.75, 3.05) is 18.1 Å². The Balaban J connectivity index is 1.09. The van der Waals surface area contributed by atoms with E-state index < -0.39 is 17.9 Å². The van der Waals surface area contributed by atoms with E-state index in [1.807, 2.05) is 79.5 Å². The molecule has 1 aliphatic rings. The maximum atomic E-state index is 13.5. The fourth-order valence-corrected chi connectivity index (χ4v) is 6.15. The Morgan fingerprint density at radius 3 is 2.12 bits per heavy atom. The Labute approximate surface area is 294 Å². The zero-order valence-corrected chi connectivity index (χ0v) is 28.2. The molecule has 0 bridgehead atoms. The normalized spacial score (nSPS) is 14.4. The standard InChI is InChI=1S/C40H34N4O5S/c1-26-36(38(46)37(44(26)2)28-14-8-4-9-15-28)43-35(45)25-50-32-21-18-30(19-22-32)41-40(48)33(42-39(47)29-16-10-5-11-17-29)24-31-20-23-34(49-31)27-12-6-3-7-13-27/h3-24,37H,25H2,1-2H3,(H,41,48)(H,42,47)(H,43,45). The lowest BCUT2D eigenvalue weighted by Crippen LogP contribution is -2.30. The summed E-state index contributed by atoms with van der Waals surface area (Å²) in [4.78, 5) is 55.3. The lowest BCUT2D eigenvalue weighted by molar-refractivity contribution is -0.122. The highest BCUT2D eigenvalue weighted by Crippen LogP contribution is 2.33. The smallest absolute Gasteiger partial charge is 0.272 e. The van der Waals surface area contributed by atoms with Crippen molar-refractivity contribution in [2.45, 2.75) is 17.9 Å². The number of rotatable bonds is 11. The van der Waals surface area contributed by atoms with Crippen molar-refractivity contribution < 1.29 is 23.6 Å². The third kappa shape index (κ3) is 7.94. The van der Waals surface area contributed by atoms with Gasteiger partial charge in [0, 0.05) is 40.5 Å². The summed E-state index contributed by atoms with van der Waals surface area (Å²) in [6.07, 6.45) is 1.48. The summed E-state index contributed by atoms with van der Waals surface area (Å²) in [7, 11) is 1.84. The highest BCUT2D eigenvalue weighted by Gasteiger charge is 2.37. The van der Waals surface area contributed by atoms with E-state index in [1.165, 1.54) is 17.8 Å². The van der Waals surface area contributed by atoms with Gasteiger partial charge in [-0.25, -0.2) is 0 Å². The van der Waals surface area contributed by atoms with Crippen molar-refractivity contribution in [1.82, 2.24) is 15.5 Å². The molecule has 0 saturated carbocycles. The van der Waals surface area contributed by atoms with E-state index in [1.54, 1.807) is 66.7 Å². The molecule has 2 heterocycles. The average molecular weight is 683 g/mol. The highest BCUT2D eigenvalue weighted by molar-refractivity contribution is 8.00. The first kappa shape index (κ1) is 33.8. The van der Waals surface area contributed by atoms with E-state index in [9.17, 15) is 19.2 Å². The molecule has 3 amide bonds. The van der Waals surface area contributed by atoms with Crippen LogP contribution < -0.4 is 16.0 Å². The number of amides is 3. The Kier molecular flexibility index (Phi) is 10.4. The maximum absolute atomic E-state index is 13.5. The van der Waals surface area contributed by atoms with Crippen LogP contribution >= 0.6 is 11.8 Å². The molecule has 3 N–H and O–H groups in total. The number of anilines is 1. The molecule has 9 nitrogen and oxygen atoms in total. The van der Waals surface area contributed by atoms with Crippen LogP contribution in [0.4, 0.5) is 5.69 Å². The molecular formula is C40H34N4O5S. The number of benzene rings is 4. The third-order valence-corrected chi connectivity index (χ3v) is 9.15. The second-order valence-electron chi connectivity index (χ2n) is 11.5. The molecule has 5 aromatic rings. The van der Waals surface area contributed by atoms with Gasteiger partial charge < -0.3 is 25.3 Å². The van der Waals surface area contributed by atoms with Crippen molar-refractivity contribution >= 4 is 47.0 Å². The van der Waals surface area contributed by atoms with E-state index in [4.69, 9.17) is 4.42 Å². The predicted octanol–water partition coefficient (Wildman–Crippen LogP) is 7.05. The molecule has 4 aromatic carbocycles. The molecular weight excluding hydrogens is 649 g/mol. The average Bonchev–Trinajstić information content (AvgIpc) is 3.70. The molecule has 0 fully saturated rings. The Bertz CT molecular complexity index is 2070. The van der Waals surface area contributed by atoms with Crippen LogP contribution in [-0.4, -0.2) is 41.2 Å². The molecule has 1 aromatic heterocycles. The van der Waals surface area contributed by atoms with Crippen molar-refractivity contribution in [3.8, 4) is 11.3 Å². The van der Waals surface area contributed by atoms with Crippen molar-refractivity contribution in [3.05, 3.63) is 161 Å². The second kappa shape index (κ2) is 15.4. The molecule has 10 heteroatoms. The van der Waals surface area contributed by atoms with E-state index in [2.05, 4.69) is 16.0 Å². The maximum Gasteiger partial charge on any atom is 0.272 e. The van der Waals surface area contributed by atoms with Crippen molar-refractivity contribution in [2.24, 2.45) is 0 Å². The minimum atomic E-state index is -0.546. The first-order valence-corrected chi connectivity index (χ1v) is 16.9. The molecule has 0 aliphatic carbocycles. The lowest BCUT2D eigenvalue weighted by Gasteiger charge is -2.22. The van der Waals surface area contributed by atoms with Gasteiger partial charge in [-0.2, -0.15) is 0 Å². The number of thioether (sulfide) groups is 1. The molecule has 0 saturated heterocycles. The van der Waals surface area contributed by atoms with Gasteiger partial charge in [-0.3, -0.25) is 19.2 Å². The minimum absolute atomic E-state index is 0.00542. The Morgan fingerprint density at radius 1 is 0.800 bits per heavy atom. The molecule has 0 radical (unpaired) electrons. The molecule has 0 spiro atoms. The van der Waals surface area contributed by atoms with Crippen LogP contribution in [0.5, 0.6) is 0 Å². The SMILES string of the molecule is CC1=C(NC(=O)CSc2ccc(NC(=O)C(=Cc3ccc(-c4ccccc4)o3)NC(=O)c3ccccc3)cc2)C(=O)C(c2ccccc2)N1C. The summed E-state index contributed by atoms with van der Waals surface area (Å²) in [5.41, 5.74) is 3.63. The van der Waals surface area contributed by atoms with E-state index in [0.29, 0.717) is 34.2 Å². The summed E-state index contributed by atoms with van der Waals surface area (Å²) < 4.78 is 5.97. The lowest BCUT2D eigenvalue weighted by atomic mass is 10.0. The fraction of sp³-hybridized carbons (Fsp3) is 0.100. The highest BCUT2D eigenvalue weighted by atomic mass is 32.2. The quantitative estimate of drug-likeness (QED) is 0.101. The number of nitrogens with zero attached hydrogens (tertiary/aromatic N) is 1. The van der Waals surface area contributed by atoms with Gasteiger partial charge in [-0.1, -0.05) is 78.9 Å². The zero-order valence-electron chi connectivity index (χ0n) is 27.4. The van der Waals surface area contributed by atoms with Crippen LogP contribution in [0.1, 0.15) is 34.6 Å². The number of likely N-dealkylation sites (N-methyl/N-ethyl adjacent to an activating group) is 1. The van der Waals surface area contributed by atoms with E-state index in [0.717, 1.165) is 16.0 Å². The number of Topliss-reactive ketones (excluding diaryl/α,β-unsaturated/α-hetero) is 1. The summed E-state index contributed by atoms with van der Waals surface area (Å²) in [5.74, 6) is -0.337. The number of allylic oxidation sites excluding steroid dienone is 1. The van der Waals surface area contributed by atoms with Crippen LogP contribution in [0.3, 0.4) is 0 Å². The van der Waals surface area contributed by atoms with Gasteiger partial charge in [0.05, 0.1) is 5.75 Å². The van der Waals surface area contributed by atoms with Gasteiger partial charge in [0.15, 0.2) is 0 Å². The first-order valence-electron chi connectivity index (χ1n) is 15.9. The number of hydrogen-bond donors (Lipinski definition) is 3. The molecule has 250 valence electrons. The zero-order chi connectivity index (χ0) is 35.0. The number of hydrogen-bond acceptors (Lipinski definition) is 7. The van der Waals surface area contributed by atoms with Gasteiger partial charge in [-0.05, 0) is 61.0 Å². The number of nitrogens with one attached hydrogen (secondary N) is 3. The number of carbonyl (C=O) groups is 4. The van der Waals surface area contributed by atoms with Gasteiger partial charge in [0.25, 0.3) is 11.8 Å². The van der Waals surface area contributed by atoms with Crippen LogP contribution in [-0.2, 0) is 14.4 Å². The summed E-state index contributed by atoms with van der Waals surface area (Å²) in [6.45, 7) is 1.82. The van der Waals surface area contributed by atoms with E-state index in [-0.39, 0.29) is 23.1 Å². The third-order valence-electron chi connectivity index (χ3n) is 8.14. The minimum Gasteiger partial charge on any atom is -0.457 e. The monoisotopic (exact) mass is 682 g/mol. The fourth-order valence-electron chi connectivity index (χ4n) is 5.45. The summed E-state index contributed by atoms with van der Waals surface area (Å²) in [5, 5.41) is 8.36. The van der Waals surface area contributed by atoms with E-state index >= 15 is 0 Å². The molecule has 1 aliphatic heterocycles. The number of ketones is 1. The topological polar surface area (TPSA) is 121 Å². The largest absolute Gasteiger partial charge is 0.457 e. The Morgan fingerprint density at radius 2 is 1.44 bits per heavy atom. The number of carbonyl (C=O) groups excluding carboxylic acids is 4. The van der Waals surface area contributed by atoms with Gasteiger partial charge in [0.2, 0.25) is 11.7 Å². The van der Waals surface area contributed by atoms with Crippen LogP contribution in [0.25, 0.3) is 17.4 Å². The van der Waals surface area contributed by atoms with Crippen molar-refractivity contribution in [3.63, 3.8) is 0 Å². The summed E-state index contributed by atoms with van der Waals surface area (Å²) in [6, 6.07) is 37.7. The predicted molar refractivity (Wildman–Crippen MR) is 195 cm³/mol. The second-order valence-corrected chi connectivity index (χ2v) is 12.6. The number of furan rings is 1. The summed E-state index contributed by atoms with van der Waals surface area (Å²) >= 11 is 1.30. The molecule has 1 atom stereocenters. The van der Waals surface area contributed by atoms with Crippen LogP contribution in [0.15, 0.2) is 154 Å². The molecule has 6 rings (SSSR count). The van der Waals surface area contributed by atoms with Crippen LogP contribution in [0.2, 0.25) is 0 Å². The Hall–Kier alpha value is -6.13. The van der Waals surface area contributed by atoms with Gasteiger partial charge in [-0.15, -0.1) is 11.8 Å². The van der Waals surface area contributed by atoms with Crippen LogP contribution in [0, 0.1) is 0 Å². The van der Waals surface area contributed by atoms with Gasteiger partial charge in [0.1, 0.15) is 29.0 Å². The van der Waals surface area contributed by atoms with Gasteiger partial charge >= 0.3 is 0 Å².